The van der Waals surface area contributed by atoms with E-state index in [1.54, 1.807) is 6.08 Å². The van der Waals surface area contributed by atoms with E-state index in [9.17, 15) is 5.11 Å². The summed E-state index contributed by atoms with van der Waals surface area (Å²) in [5.74, 6) is 5.44. The van der Waals surface area contributed by atoms with Crippen LogP contribution in [-0.4, -0.2) is 13.4 Å². The molecule has 0 aliphatic heterocycles. The summed E-state index contributed by atoms with van der Waals surface area (Å²) in [6, 6.07) is 9.85. The van der Waals surface area contributed by atoms with Gasteiger partial charge in [-0.2, -0.15) is 0 Å². The Bertz CT molecular complexity index is 409. The van der Waals surface area contributed by atoms with E-state index in [1.165, 1.54) is 0 Å². The van der Waals surface area contributed by atoms with Crippen molar-refractivity contribution in [1.29, 1.82) is 0 Å². The zero-order chi connectivity index (χ0) is 12.0. The number of alkyl halides is 3. The van der Waals surface area contributed by atoms with E-state index in [1.807, 2.05) is 36.4 Å². The van der Waals surface area contributed by atoms with E-state index in [-0.39, 0.29) is 0 Å². The summed E-state index contributed by atoms with van der Waals surface area (Å²) in [6.45, 7) is 0. The molecule has 0 aliphatic carbocycles. The average molecular weight is 409 g/mol. The van der Waals surface area contributed by atoms with Gasteiger partial charge in [0.1, 0.15) is 6.10 Å². The topological polar surface area (TPSA) is 20.2 Å². The third-order valence-corrected chi connectivity index (χ3v) is 2.99. The Hall–Kier alpha value is -0.0800. The highest BCUT2D eigenvalue weighted by atomic mass is 80.0. The number of hydrogen-bond donors (Lipinski definition) is 1. The smallest absolute Gasteiger partial charge is 0.171 e. The first-order chi connectivity index (χ1) is 7.50. The molecule has 4 heteroatoms. The molecule has 0 aliphatic rings. The van der Waals surface area contributed by atoms with Crippen molar-refractivity contribution in [2.24, 2.45) is 0 Å². The monoisotopic (exact) mass is 406 g/mol. The van der Waals surface area contributed by atoms with Crippen molar-refractivity contribution in [3.05, 3.63) is 42.0 Å². The quantitative estimate of drug-likeness (QED) is 0.552. The Morgan fingerprint density at radius 3 is 2.38 bits per heavy atom. The lowest BCUT2D eigenvalue weighted by Crippen LogP contribution is -2.20. The minimum atomic E-state index is -0.840. The molecule has 0 spiro atoms. The molecule has 1 atom stereocenters. The first-order valence-electron chi connectivity index (χ1n) is 4.47. The van der Waals surface area contributed by atoms with Gasteiger partial charge in [0.2, 0.25) is 0 Å². The number of aliphatic hydroxyl groups is 1. The van der Waals surface area contributed by atoms with Gasteiger partial charge in [0, 0.05) is 0 Å². The van der Waals surface area contributed by atoms with Crippen LogP contribution in [0.5, 0.6) is 0 Å². The molecule has 0 aromatic heterocycles. The number of hydrogen-bond acceptors (Lipinski definition) is 1. The van der Waals surface area contributed by atoms with Gasteiger partial charge in [-0.3, -0.25) is 0 Å². The summed E-state index contributed by atoms with van der Waals surface area (Å²) in [6.07, 6.45) is 2.75. The van der Waals surface area contributed by atoms with Gasteiger partial charge in [-0.1, -0.05) is 90.0 Å². The zero-order valence-electron chi connectivity index (χ0n) is 8.20. The van der Waals surface area contributed by atoms with Gasteiger partial charge in [0.15, 0.2) is 2.14 Å². The maximum Gasteiger partial charge on any atom is 0.171 e. The predicted octanol–water partition coefficient (Wildman–Crippen LogP) is 3.90. The SMILES string of the molecule is OC(C#CC=Cc1ccccc1)C(Br)(Br)Br. The van der Waals surface area contributed by atoms with Crippen LogP contribution in [0.1, 0.15) is 5.56 Å². The largest absolute Gasteiger partial charge is 0.377 e. The van der Waals surface area contributed by atoms with Crippen molar-refractivity contribution in [2.45, 2.75) is 8.25 Å². The van der Waals surface area contributed by atoms with Gasteiger partial charge < -0.3 is 5.11 Å². The highest BCUT2D eigenvalue weighted by Gasteiger charge is 2.26. The predicted molar refractivity (Wildman–Crippen MR) is 78.8 cm³/mol. The van der Waals surface area contributed by atoms with E-state index in [4.69, 9.17) is 0 Å². The summed E-state index contributed by atoms with van der Waals surface area (Å²) < 4.78 is -0.749. The Morgan fingerprint density at radius 2 is 1.81 bits per heavy atom. The molecule has 0 heterocycles. The second kappa shape index (κ2) is 6.61. The maximum absolute atomic E-state index is 9.53. The number of halogens is 3. The molecule has 1 aromatic rings. The van der Waals surface area contributed by atoms with Crippen LogP contribution in [0.3, 0.4) is 0 Å². The summed E-state index contributed by atoms with van der Waals surface area (Å²) in [5, 5.41) is 9.53. The third-order valence-electron chi connectivity index (χ3n) is 1.69. The lowest BCUT2D eigenvalue weighted by molar-refractivity contribution is 0.248. The highest BCUT2D eigenvalue weighted by Crippen LogP contribution is 2.36. The molecule has 1 unspecified atom stereocenters. The van der Waals surface area contributed by atoms with Crippen LogP contribution < -0.4 is 0 Å². The Labute approximate surface area is 120 Å². The van der Waals surface area contributed by atoms with Gasteiger partial charge in [-0.15, -0.1) is 0 Å². The fourth-order valence-electron chi connectivity index (χ4n) is 0.911. The zero-order valence-corrected chi connectivity index (χ0v) is 13.0. The Balaban J connectivity index is 2.59. The van der Waals surface area contributed by atoms with Crippen LogP contribution in [0, 0.1) is 11.8 Å². The molecule has 0 saturated heterocycles. The van der Waals surface area contributed by atoms with E-state index < -0.39 is 8.25 Å². The average Bonchev–Trinajstić information content (AvgIpc) is 2.24. The van der Waals surface area contributed by atoms with Crippen LogP contribution in [0.2, 0.25) is 0 Å². The van der Waals surface area contributed by atoms with Gasteiger partial charge in [0.25, 0.3) is 0 Å². The summed E-state index contributed by atoms with van der Waals surface area (Å²) in [5.41, 5.74) is 1.08. The van der Waals surface area contributed by atoms with Crippen molar-refractivity contribution >= 4 is 53.9 Å². The maximum atomic E-state index is 9.53. The molecule has 0 radical (unpaired) electrons. The number of benzene rings is 1. The normalized spacial score (nSPS) is 13.2. The van der Waals surface area contributed by atoms with Crippen molar-refractivity contribution in [3.63, 3.8) is 0 Å². The second-order valence-electron chi connectivity index (χ2n) is 2.98. The van der Waals surface area contributed by atoms with Crippen molar-refractivity contribution < 1.29 is 5.11 Å². The standard InChI is InChI=1S/C12H9Br3O/c13-12(14,15)11(16)9-5-4-8-10-6-2-1-3-7-10/h1-4,6-8,11,16H. The van der Waals surface area contributed by atoms with Crippen LogP contribution in [0.4, 0.5) is 0 Å². The second-order valence-corrected chi connectivity index (χ2v) is 9.92. The van der Waals surface area contributed by atoms with E-state index in [2.05, 4.69) is 59.6 Å². The molecule has 0 bridgehead atoms. The van der Waals surface area contributed by atoms with Crippen molar-refractivity contribution in [3.8, 4) is 11.8 Å². The molecule has 1 N–H and O–H groups in total. The summed E-state index contributed by atoms with van der Waals surface area (Å²) >= 11 is 9.59. The number of aliphatic hydroxyl groups excluding tert-OH is 1. The van der Waals surface area contributed by atoms with E-state index in [0.717, 1.165) is 5.56 Å². The lowest BCUT2D eigenvalue weighted by atomic mass is 10.2. The molecular weight excluding hydrogens is 400 g/mol. The van der Waals surface area contributed by atoms with Gasteiger partial charge in [-0.05, 0) is 17.7 Å². The third kappa shape index (κ3) is 5.31. The Morgan fingerprint density at radius 1 is 1.19 bits per heavy atom. The first kappa shape index (κ1) is 14.0. The van der Waals surface area contributed by atoms with Crippen LogP contribution in [0.25, 0.3) is 6.08 Å². The van der Waals surface area contributed by atoms with Crippen molar-refractivity contribution in [1.82, 2.24) is 0 Å². The van der Waals surface area contributed by atoms with E-state index >= 15 is 0 Å². The lowest BCUT2D eigenvalue weighted by Gasteiger charge is -2.13. The van der Waals surface area contributed by atoms with Crippen LogP contribution >= 0.6 is 47.8 Å². The Kier molecular flexibility index (Phi) is 5.77. The highest BCUT2D eigenvalue weighted by molar-refractivity contribution is 9.39. The fourth-order valence-corrected chi connectivity index (χ4v) is 1.25. The number of allylic oxidation sites excluding steroid dienone is 1. The molecule has 1 rings (SSSR count). The van der Waals surface area contributed by atoms with Gasteiger partial charge in [-0.25, -0.2) is 0 Å². The van der Waals surface area contributed by atoms with Gasteiger partial charge in [0.05, 0.1) is 0 Å². The van der Waals surface area contributed by atoms with Crippen LogP contribution in [0.15, 0.2) is 36.4 Å². The summed E-state index contributed by atoms with van der Waals surface area (Å²) in [7, 11) is 0. The molecule has 0 saturated carbocycles. The summed E-state index contributed by atoms with van der Waals surface area (Å²) in [4.78, 5) is 0. The minimum absolute atomic E-state index is 0.749. The van der Waals surface area contributed by atoms with Gasteiger partial charge >= 0.3 is 0 Å². The molecule has 16 heavy (non-hydrogen) atoms. The molecule has 0 amide bonds. The molecule has 1 aromatic carbocycles. The fraction of sp³-hybridized carbons (Fsp3) is 0.167. The molecule has 84 valence electrons. The first-order valence-corrected chi connectivity index (χ1v) is 6.85. The van der Waals surface area contributed by atoms with E-state index in [0.29, 0.717) is 0 Å². The molecule has 1 nitrogen and oxygen atoms in total. The van der Waals surface area contributed by atoms with Crippen LogP contribution in [-0.2, 0) is 0 Å². The molecule has 0 fully saturated rings. The van der Waals surface area contributed by atoms with Crippen molar-refractivity contribution in [2.75, 3.05) is 0 Å². The number of rotatable bonds is 1. The minimum Gasteiger partial charge on any atom is -0.377 e. The molecular formula is C12H9Br3O.